The summed E-state index contributed by atoms with van der Waals surface area (Å²) in [6, 6.07) is 0. The first kappa shape index (κ1) is 17.2. The molecule has 0 nitrogen and oxygen atoms in total. The van der Waals surface area contributed by atoms with E-state index in [0.29, 0.717) is 0 Å². The first-order chi connectivity index (χ1) is 5.75. The summed E-state index contributed by atoms with van der Waals surface area (Å²) in [6.07, 6.45) is -13.9. The summed E-state index contributed by atoms with van der Waals surface area (Å²) in [5, 5.41) is 0. The van der Waals surface area contributed by atoms with Crippen molar-refractivity contribution in [2.75, 3.05) is 0 Å². The SMILES string of the molecule is FC(F)(F)C(F)(F)C(F)(F)C(F)(F)F.[Al]. The van der Waals surface area contributed by atoms with Crippen LogP contribution in [0.3, 0.4) is 0 Å². The normalized spacial score (nSPS) is 14.8. The van der Waals surface area contributed by atoms with Crippen LogP contribution in [0, 0.1) is 0 Å². The minimum Gasteiger partial charge on any atom is -0.189 e. The molecule has 0 amide bonds. The Bertz CT molecular complexity index is 186. The summed E-state index contributed by atoms with van der Waals surface area (Å²) in [6.45, 7) is 0. The van der Waals surface area contributed by atoms with Crippen molar-refractivity contribution in [3.8, 4) is 0 Å². The summed E-state index contributed by atoms with van der Waals surface area (Å²) in [7, 11) is 0. The minimum atomic E-state index is -7.14. The molecule has 0 saturated heterocycles. The second-order valence-corrected chi connectivity index (χ2v) is 2.14. The van der Waals surface area contributed by atoms with E-state index in [-0.39, 0.29) is 17.4 Å². The average molecular weight is 265 g/mol. The van der Waals surface area contributed by atoms with E-state index < -0.39 is 24.2 Å². The smallest absolute Gasteiger partial charge is 0.189 e. The van der Waals surface area contributed by atoms with E-state index in [1.54, 1.807) is 0 Å². The lowest BCUT2D eigenvalue weighted by Gasteiger charge is -2.29. The van der Waals surface area contributed by atoms with Crippen LogP contribution in [0.25, 0.3) is 0 Å². The molecule has 0 saturated carbocycles. The molecule has 0 aliphatic rings. The van der Waals surface area contributed by atoms with Crippen molar-refractivity contribution in [3.63, 3.8) is 0 Å². The zero-order valence-corrected chi connectivity index (χ0v) is 7.51. The Labute approximate surface area is 86.4 Å². The van der Waals surface area contributed by atoms with Crippen molar-refractivity contribution < 1.29 is 43.9 Å². The van der Waals surface area contributed by atoms with Crippen molar-refractivity contribution >= 4 is 17.4 Å². The third kappa shape index (κ3) is 2.69. The summed E-state index contributed by atoms with van der Waals surface area (Å²) in [5.74, 6) is -14.3. The molecule has 0 aromatic heterocycles. The van der Waals surface area contributed by atoms with Gasteiger partial charge in [0, 0.05) is 17.4 Å². The van der Waals surface area contributed by atoms with Gasteiger partial charge < -0.3 is 0 Å². The van der Waals surface area contributed by atoms with Gasteiger partial charge >= 0.3 is 24.2 Å². The molecule has 3 radical (unpaired) electrons. The summed E-state index contributed by atoms with van der Waals surface area (Å²) < 4.78 is 113. The molecule has 0 bridgehead atoms. The van der Waals surface area contributed by atoms with Crippen molar-refractivity contribution in [1.82, 2.24) is 0 Å². The van der Waals surface area contributed by atoms with Crippen LogP contribution in [0.2, 0.25) is 0 Å². The lowest BCUT2D eigenvalue weighted by Crippen LogP contribution is -2.59. The van der Waals surface area contributed by atoms with Crippen LogP contribution >= 0.6 is 0 Å². The molecule has 0 heterocycles. The van der Waals surface area contributed by atoms with Gasteiger partial charge in [0.25, 0.3) is 0 Å². The van der Waals surface area contributed by atoms with E-state index >= 15 is 0 Å². The molecule has 0 aromatic carbocycles. The summed E-state index contributed by atoms with van der Waals surface area (Å²) in [5.41, 5.74) is 0. The van der Waals surface area contributed by atoms with Crippen LogP contribution in [0.15, 0.2) is 0 Å². The van der Waals surface area contributed by atoms with Gasteiger partial charge in [-0.15, -0.1) is 0 Å². The number of hydrogen-bond donors (Lipinski definition) is 0. The first-order valence-electron chi connectivity index (χ1n) is 2.64. The highest BCUT2D eigenvalue weighted by atomic mass is 27.0. The van der Waals surface area contributed by atoms with E-state index in [2.05, 4.69) is 0 Å². The topological polar surface area (TPSA) is 0 Å². The Balaban J connectivity index is 0. The molecule has 0 aliphatic heterocycles. The van der Waals surface area contributed by atoms with Crippen LogP contribution in [-0.4, -0.2) is 41.6 Å². The Morgan fingerprint density at radius 1 is 0.400 bits per heavy atom. The molecule has 0 aliphatic carbocycles. The van der Waals surface area contributed by atoms with Crippen LogP contribution in [0.4, 0.5) is 43.9 Å². The zero-order chi connectivity index (χ0) is 12.0. The fourth-order valence-electron chi connectivity index (χ4n) is 0.356. The molecular formula is C4AlF10. The van der Waals surface area contributed by atoms with E-state index in [9.17, 15) is 43.9 Å². The molecule has 89 valence electrons. The lowest BCUT2D eigenvalue weighted by atomic mass is 10.1. The van der Waals surface area contributed by atoms with E-state index in [1.807, 2.05) is 0 Å². The molecule has 0 unspecified atom stereocenters. The Kier molecular flexibility index (Phi) is 4.61. The standard InChI is InChI=1S/C4F10.Al/c5-1(6,3(9,10)11)2(7,8)4(12,13)14;. The van der Waals surface area contributed by atoms with E-state index in [1.165, 1.54) is 0 Å². The molecule has 0 rings (SSSR count). The first-order valence-corrected chi connectivity index (χ1v) is 2.64. The van der Waals surface area contributed by atoms with Gasteiger partial charge in [-0.25, -0.2) is 0 Å². The summed E-state index contributed by atoms with van der Waals surface area (Å²) in [4.78, 5) is 0. The zero-order valence-electron chi connectivity index (χ0n) is 6.36. The molecular weight excluding hydrogens is 265 g/mol. The highest BCUT2D eigenvalue weighted by Crippen LogP contribution is 2.53. The largest absolute Gasteiger partial charge is 0.460 e. The van der Waals surface area contributed by atoms with Crippen LogP contribution < -0.4 is 0 Å². The summed E-state index contributed by atoms with van der Waals surface area (Å²) >= 11 is 0. The van der Waals surface area contributed by atoms with Crippen LogP contribution in [0.5, 0.6) is 0 Å². The number of halogens is 10. The molecule has 11 heteroatoms. The maximum atomic E-state index is 11.6. The van der Waals surface area contributed by atoms with Gasteiger partial charge in [0.05, 0.1) is 0 Å². The maximum absolute atomic E-state index is 11.6. The van der Waals surface area contributed by atoms with Crippen LogP contribution in [-0.2, 0) is 0 Å². The Hall–Kier alpha value is -0.168. The van der Waals surface area contributed by atoms with Gasteiger partial charge in [-0.2, -0.15) is 43.9 Å². The van der Waals surface area contributed by atoms with E-state index in [4.69, 9.17) is 0 Å². The average Bonchev–Trinajstić information content (AvgIpc) is 1.81. The van der Waals surface area contributed by atoms with Gasteiger partial charge in [-0.05, 0) is 0 Å². The highest BCUT2D eigenvalue weighted by Gasteiger charge is 2.82. The predicted octanol–water partition coefficient (Wildman–Crippen LogP) is 3.00. The fourth-order valence-corrected chi connectivity index (χ4v) is 0.356. The van der Waals surface area contributed by atoms with Crippen molar-refractivity contribution in [3.05, 3.63) is 0 Å². The van der Waals surface area contributed by atoms with Gasteiger partial charge in [-0.1, -0.05) is 0 Å². The lowest BCUT2D eigenvalue weighted by molar-refractivity contribution is -0.419. The van der Waals surface area contributed by atoms with E-state index in [0.717, 1.165) is 0 Å². The van der Waals surface area contributed by atoms with Crippen LogP contribution in [0.1, 0.15) is 0 Å². The fraction of sp³-hybridized carbons (Fsp3) is 1.00. The number of rotatable bonds is 1. The van der Waals surface area contributed by atoms with Gasteiger partial charge in [0.1, 0.15) is 0 Å². The van der Waals surface area contributed by atoms with Gasteiger partial charge in [0.2, 0.25) is 0 Å². The third-order valence-corrected chi connectivity index (χ3v) is 1.11. The molecule has 0 aromatic rings. The Morgan fingerprint density at radius 3 is 0.600 bits per heavy atom. The van der Waals surface area contributed by atoms with Crippen molar-refractivity contribution in [1.29, 1.82) is 0 Å². The third-order valence-electron chi connectivity index (χ3n) is 1.11. The van der Waals surface area contributed by atoms with Gasteiger partial charge in [-0.3, -0.25) is 0 Å². The highest BCUT2D eigenvalue weighted by molar-refractivity contribution is 5.75. The molecule has 0 fully saturated rings. The Morgan fingerprint density at radius 2 is 0.533 bits per heavy atom. The minimum absolute atomic E-state index is 0. The van der Waals surface area contributed by atoms with Crippen molar-refractivity contribution in [2.24, 2.45) is 0 Å². The second kappa shape index (κ2) is 4.01. The predicted molar refractivity (Wildman–Crippen MR) is 27.8 cm³/mol. The quantitative estimate of drug-likeness (QED) is 0.505. The molecule has 0 atom stereocenters. The van der Waals surface area contributed by atoms with Gasteiger partial charge in [0.15, 0.2) is 0 Å². The number of hydrogen-bond acceptors (Lipinski definition) is 0. The molecule has 0 N–H and O–H groups in total. The monoisotopic (exact) mass is 265 g/mol. The molecule has 0 spiro atoms. The van der Waals surface area contributed by atoms with Crippen molar-refractivity contribution in [2.45, 2.75) is 24.2 Å². The maximum Gasteiger partial charge on any atom is 0.460 e. The number of alkyl halides is 10. The second-order valence-electron chi connectivity index (χ2n) is 2.14. The molecule has 15 heavy (non-hydrogen) atoms.